The zero-order valence-electron chi connectivity index (χ0n) is 13.8. The van der Waals surface area contributed by atoms with E-state index in [0.717, 1.165) is 5.56 Å². The van der Waals surface area contributed by atoms with E-state index >= 15 is 0 Å². The molecule has 1 aromatic carbocycles. The van der Waals surface area contributed by atoms with Gasteiger partial charge in [0.05, 0.1) is 29.8 Å². The molecule has 0 radical (unpaired) electrons. The minimum absolute atomic E-state index is 0.0368. The molecule has 2 heterocycles. The van der Waals surface area contributed by atoms with E-state index in [2.05, 4.69) is 10.6 Å². The maximum absolute atomic E-state index is 12.8. The molecule has 2 saturated heterocycles. The Morgan fingerprint density at radius 3 is 2.42 bits per heavy atom. The molecule has 0 aliphatic carbocycles. The van der Waals surface area contributed by atoms with Gasteiger partial charge < -0.3 is 20.6 Å². The van der Waals surface area contributed by atoms with E-state index in [1.165, 1.54) is 4.90 Å². The number of carbonyl (C=O) groups excluding carboxylic acids is 3. The van der Waals surface area contributed by atoms with Crippen LogP contribution in [0.5, 0.6) is 0 Å². The fourth-order valence-corrected chi connectivity index (χ4v) is 3.88. The van der Waals surface area contributed by atoms with Crippen LogP contribution in [-0.2, 0) is 14.4 Å². The number of benzene rings is 1. The van der Waals surface area contributed by atoms with Crippen molar-refractivity contribution in [1.29, 1.82) is 0 Å². The lowest BCUT2D eigenvalue weighted by Gasteiger charge is -2.31. The van der Waals surface area contributed by atoms with Crippen molar-refractivity contribution in [1.82, 2.24) is 15.5 Å². The van der Waals surface area contributed by atoms with Crippen molar-refractivity contribution in [3.8, 4) is 0 Å². The molecule has 26 heavy (non-hydrogen) atoms. The second-order valence-electron chi connectivity index (χ2n) is 6.37. The Bertz CT molecular complexity index is 703. The Morgan fingerprint density at radius 1 is 1.08 bits per heavy atom. The molecule has 0 spiro atoms. The van der Waals surface area contributed by atoms with Crippen LogP contribution in [0, 0.1) is 0 Å². The van der Waals surface area contributed by atoms with Crippen LogP contribution in [0.25, 0.3) is 0 Å². The number of nitrogens with zero attached hydrogens (tertiary/aromatic N) is 1. The van der Waals surface area contributed by atoms with Gasteiger partial charge in [0.1, 0.15) is 12.1 Å². The summed E-state index contributed by atoms with van der Waals surface area (Å²) in [5.41, 5.74) is 0.749. The Balaban J connectivity index is 1.96. The zero-order valence-corrected chi connectivity index (χ0v) is 15.3. The van der Waals surface area contributed by atoms with Gasteiger partial charge in [-0.2, -0.15) is 0 Å². The molecule has 3 amide bonds. The topological polar surface area (TPSA) is 98.7 Å². The maximum atomic E-state index is 12.8. The molecule has 0 bridgehead atoms. The van der Waals surface area contributed by atoms with Crippen LogP contribution < -0.4 is 10.6 Å². The van der Waals surface area contributed by atoms with Crippen molar-refractivity contribution in [2.24, 2.45) is 0 Å². The molecule has 3 N–H and O–H groups in total. The third-order valence-corrected chi connectivity index (χ3v) is 5.74. The van der Waals surface area contributed by atoms with E-state index in [0.29, 0.717) is 0 Å². The predicted octanol–water partition coefficient (Wildman–Crippen LogP) is 0.150. The highest BCUT2D eigenvalue weighted by Gasteiger charge is 2.47. The number of aliphatic hydroxyl groups is 1. The summed E-state index contributed by atoms with van der Waals surface area (Å²) >= 11 is 12.4. The van der Waals surface area contributed by atoms with Crippen LogP contribution in [0.3, 0.4) is 0 Å². The zero-order chi connectivity index (χ0) is 18.8. The van der Waals surface area contributed by atoms with Crippen LogP contribution in [0.2, 0.25) is 0 Å². The van der Waals surface area contributed by atoms with Gasteiger partial charge in [0, 0.05) is 6.54 Å². The van der Waals surface area contributed by atoms with Crippen LogP contribution in [0.1, 0.15) is 18.0 Å². The quantitative estimate of drug-likeness (QED) is 0.616. The predicted molar refractivity (Wildman–Crippen MR) is 95.7 cm³/mol. The molecular formula is C17H19Cl2N3O4. The summed E-state index contributed by atoms with van der Waals surface area (Å²) in [7, 11) is 0. The summed E-state index contributed by atoms with van der Waals surface area (Å²) in [5.74, 6) is -1.49. The standard InChI is InChI=1S/C17H19Cl2N3O4/c18-10-7-22-13(24)6-11(9-4-2-1-3-5-9)20-16(25)12(8-23)21-17(26)15(22)14(10)19/h1-5,10-12,14-15,23H,6-8H2,(H,20,25)(H,21,26)/t10-,11-,12?,14-,15+/m1/s1. The molecule has 2 aliphatic rings. The van der Waals surface area contributed by atoms with Crippen molar-refractivity contribution in [2.45, 2.75) is 35.3 Å². The monoisotopic (exact) mass is 399 g/mol. The Hall–Kier alpha value is -1.83. The van der Waals surface area contributed by atoms with Gasteiger partial charge in [-0.05, 0) is 5.56 Å². The minimum atomic E-state index is -1.14. The van der Waals surface area contributed by atoms with Gasteiger partial charge in [0.15, 0.2) is 0 Å². The summed E-state index contributed by atoms with van der Waals surface area (Å²) in [5, 5.41) is 13.3. The van der Waals surface area contributed by atoms with Crippen molar-refractivity contribution < 1.29 is 19.5 Å². The number of amides is 3. The Kier molecular flexibility index (Phi) is 5.70. The fourth-order valence-electron chi connectivity index (χ4n) is 3.27. The van der Waals surface area contributed by atoms with E-state index in [1.807, 2.05) is 6.07 Å². The first-order chi connectivity index (χ1) is 12.4. The number of rotatable bonds is 2. The summed E-state index contributed by atoms with van der Waals surface area (Å²) in [4.78, 5) is 39.2. The third-order valence-electron chi connectivity index (χ3n) is 4.66. The number of carbonyl (C=O) groups is 3. The SMILES string of the molecule is O=C1N[C@@H](c2ccccc2)CC(=O)N2C[C@@H](Cl)[C@@H](Cl)[C@H]2C(=O)NC1CO. The number of hydrogen-bond donors (Lipinski definition) is 3. The second-order valence-corrected chi connectivity index (χ2v) is 7.44. The highest BCUT2D eigenvalue weighted by atomic mass is 35.5. The molecular weight excluding hydrogens is 381 g/mol. The molecule has 1 unspecified atom stereocenters. The van der Waals surface area contributed by atoms with Gasteiger partial charge in [-0.25, -0.2) is 0 Å². The first-order valence-corrected chi connectivity index (χ1v) is 9.13. The van der Waals surface area contributed by atoms with Gasteiger partial charge in [-0.3, -0.25) is 14.4 Å². The van der Waals surface area contributed by atoms with Crippen molar-refractivity contribution in [3.05, 3.63) is 35.9 Å². The van der Waals surface area contributed by atoms with Crippen molar-refractivity contribution in [3.63, 3.8) is 0 Å². The number of aliphatic hydroxyl groups excluding tert-OH is 1. The summed E-state index contributed by atoms with van der Waals surface area (Å²) in [6.07, 6.45) is -0.0368. The highest BCUT2D eigenvalue weighted by molar-refractivity contribution is 6.32. The van der Waals surface area contributed by atoms with Gasteiger partial charge >= 0.3 is 0 Å². The lowest BCUT2D eigenvalue weighted by Crippen LogP contribution is -2.58. The molecule has 5 atom stereocenters. The lowest BCUT2D eigenvalue weighted by molar-refractivity contribution is -0.141. The average Bonchev–Trinajstić information content (AvgIpc) is 2.94. The van der Waals surface area contributed by atoms with Gasteiger partial charge in [0.2, 0.25) is 17.7 Å². The minimum Gasteiger partial charge on any atom is -0.394 e. The number of fused-ring (bicyclic) bond motifs is 1. The molecule has 2 aliphatic heterocycles. The first kappa shape index (κ1) is 18.9. The Morgan fingerprint density at radius 2 is 1.77 bits per heavy atom. The van der Waals surface area contributed by atoms with Crippen molar-refractivity contribution >= 4 is 40.9 Å². The van der Waals surface area contributed by atoms with Gasteiger partial charge in [-0.15, -0.1) is 23.2 Å². The molecule has 3 rings (SSSR count). The molecule has 7 nitrogen and oxygen atoms in total. The summed E-state index contributed by atoms with van der Waals surface area (Å²) < 4.78 is 0. The van der Waals surface area contributed by atoms with E-state index in [1.54, 1.807) is 24.3 Å². The van der Waals surface area contributed by atoms with E-state index in [9.17, 15) is 19.5 Å². The maximum Gasteiger partial charge on any atom is 0.245 e. The largest absolute Gasteiger partial charge is 0.394 e. The molecule has 140 valence electrons. The van der Waals surface area contributed by atoms with Crippen LogP contribution in [0.4, 0.5) is 0 Å². The molecule has 1 aromatic rings. The van der Waals surface area contributed by atoms with Crippen LogP contribution >= 0.6 is 23.2 Å². The lowest BCUT2D eigenvalue weighted by atomic mass is 10.0. The molecule has 0 saturated carbocycles. The summed E-state index contributed by atoms with van der Waals surface area (Å²) in [6.45, 7) is -0.428. The normalized spacial score (nSPS) is 32.7. The highest BCUT2D eigenvalue weighted by Crippen LogP contribution is 2.30. The van der Waals surface area contributed by atoms with Gasteiger partial charge in [0.25, 0.3) is 0 Å². The van der Waals surface area contributed by atoms with Crippen LogP contribution in [0.15, 0.2) is 30.3 Å². The molecule has 0 aromatic heterocycles. The summed E-state index contributed by atoms with van der Waals surface area (Å²) in [6, 6.07) is 6.32. The fraction of sp³-hybridized carbons (Fsp3) is 0.471. The molecule has 2 fully saturated rings. The van der Waals surface area contributed by atoms with Crippen molar-refractivity contribution in [2.75, 3.05) is 13.2 Å². The molecule has 9 heteroatoms. The van der Waals surface area contributed by atoms with Gasteiger partial charge in [-0.1, -0.05) is 30.3 Å². The van der Waals surface area contributed by atoms with E-state index in [4.69, 9.17) is 23.2 Å². The number of halogens is 2. The number of nitrogens with one attached hydrogen (secondary N) is 2. The first-order valence-electron chi connectivity index (χ1n) is 8.26. The average molecular weight is 400 g/mol. The third kappa shape index (κ3) is 3.65. The number of hydrogen-bond acceptors (Lipinski definition) is 4. The second kappa shape index (κ2) is 7.82. The number of alkyl halides is 2. The Labute approximate surface area is 160 Å². The van der Waals surface area contributed by atoms with Crippen LogP contribution in [-0.4, -0.2) is 63.7 Å². The smallest absolute Gasteiger partial charge is 0.245 e. The van der Waals surface area contributed by atoms with E-state index < -0.39 is 47.3 Å². The van der Waals surface area contributed by atoms with E-state index in [-0.39, 0.29) is 18.9 Å².